The first-order valence-corrected chi connectivity index (χ1v) is 11.4. The normalized spacial score (nSPS) is 18.8. The average molecular weight is 461 g/mol. The van der Waals surface area contributed by atoms with E-state index in [-0.39, 0.29) is 30.9 Å². The van der Waals surface area contributed by atoms with E-state index in [1.54, 1.807) is 0 Å². The van der Waals surface area contributed by atoms with E-state index in [9.17, 15) is 23.1 Å². The lowest BCUT2D eigenvalue weighted by molar-refractivity contribution is 0.00586. The Morgan fingerprint density at radius 3 is 2.31 bits per heavy atom. The standard InChI is InChI=1S/C23H35F3N2O4/c1-27(11-12-29)10-4-2-3-5-13-32-19-8-6-18(7-9-19)28(23(30)31)16-17-14-21(25)22(26)15-20(17)24/h14-15,18-19,29H,2-13,16H2,1H3,(H,30,31). The monoisotopic (exact) mass is 460 g/mol. The summed E-state index contributed by atoms with van der Waals surface area (Å²) in [5.41, 5.74) is -0.174. The molecular weight excluding hydrogens is 425 g/mol. The largest absolute Gasteiger partial charge is 0.465 e. The predicted octanol–water partition coefficient (Wildman–Crippen LogP) is 4.40. The Kier molecular flexibility index (Phi) is 11.3. The minimum absolute atomic E-state index is 0.0811. The molecule has 32 heavy (non-hydrogen) atoms. The third-order valence-electron chi connectivity index (χ3n) is 6.03. The Labute approximate surface area is 188 Å². The summed E-state index contributed by atoms with van der Waals surface area (Å²) in [7, 11) is 2.00. The summed E-state index contributed by atoms with van der Waals surface area (Å²) in [6, 6.07) is 0.860. The fourth-order valence-electron chi connectivity index (χ4n) is 4.11. The number of unbranched alkanes of at least 4 members (excludes halogenated alkanes) is 3. The van der Waals surface area contributed by atoms with Crippen LogP contribution in [-0.4, -0.2) is 71.6 Å². The Hall–Kier alpha value is -1.84. The highest BCUT2D eigenvalue weighted by atomic mass is 19.2. The number of likely N-dealkylation sites (N-methyl/N-ethyl adjacent to an activating group) is 1. The minimum atomic E-state index is -1.29. The third kappa shape index (κ3) is 8.60. The SMILES string of the molecule is CN(CCO)CCCCCCOC1CCC(N(Cc2cc(F)c(F)cc2F)C(=O)O)CC1. The van der Waals surface area contributed by atoms with E-state index < -0.39 is 23.5 Å². The summed E-state index contributed by atoms with van der Waals surface area (Å²) in [6.45, 7) is 2.20. The topological polar surface area (TPSA) is 73.2 Å². The van der Waals surface area contributed by atoms with E-state index in [2.05, 4.69) is 4.90 Å². The van der Waals surface area contributed by atoms with Gasteiger partial charge in [0.25, 0.3) is 0 Å². The zero-order valence-electron chi connectivity index (χ0n) is 18.7. The van der Waals surface area contributed by atoms with Crippen LogP contribution in [-0.2, 0) is 11.3 Å². The van der Waals surface area contributed by atoms with Gasteiger partial charge in [0.1, 0.15) is 5.82 Å². The predicted molar refractivity (Wildman–Crippen MR) is 115 cm³/mol. The van der Waals surface area contributed by atoms with Crippen molar-refractivity contribution < 1.29 is 32.9 Å². The van der Waals surface area contributed by atoms with E-state index in [1.807, 2.05) is 7.05 Å². The number of aliphatic hydroxyl groups is 1. The van der Waals surface area contributed by atoms with Crippen LogP contribution in [0.1, 0.15) is 56.9 Å². The van der Waals surface area contributed by atoms with Crippen molar-refractivity contribution in [1.29, 1.82) is 0 Å². The van der Waals surface area contributed by atoms with Crippen molar-refractivity contribution in [3.05, 3.63) is 35.1 Å². The molecule has 1 amide bonds. The van der Waals surface area contributed by atoms with Crippen LogP contribution in [0.2, 0.25) is 0 Å². The molecule has 1 saturated carbocycles. The lowest BCUT2D eigenvalue weighted by Gasteiger charge is -2.35. The molecular formula is C23H35F3N2O4. The molecule has 0 aromatic heterocycles. The van der Waals surface area contributed by atoms with Crippen LogP contribution in [0.3, 0.4) is 0 Å². The molecule has 0 atom stereocenters. The molecule has 9 heteroatoms. The van der Waals surface area contributed by atoms with Gasteiger partial charge in [-0.3, -0.25) is 0 Å². The number of carboxylic acid groups (broad SMARTS) is 1. The Morgan fingerprint density at radius 1 is 1.00 bits per heavy atom. The van der Waals surface area contributed by atoms with Gasteiger partial charge in [-0.1, -0.05) is 12.8 Å². The highest BCUT2D eigenvalue weighted by molar-refractivity contribution is 5.65. The maximum absolute atomic E-state index is 13.9. The van der Waals surface area contributed by atoms with Gasteiger partial charge in [-0.15, -0.1) is 0 Å². The smallest absolute Gasteiger partial charge is 0.407 e. The van der Waals surface area contributed by atoms with E-state index in [0.29, 0.717) is 44.9 Å². The van der Waals surface area contributed by atoms with E-state index in [0.717, 1.165) is 43.2 Å². The first-order chi connectivity index (χ1) is 15.3. The molecule has 1 aromatic carbocycles. The molecule has 0 saturated heterocycles. The molecule has 1 aromatic rings. The highest BCUT2D eigenvalue weighted by Crippen LogP contribution is 2.27. The Balaban J connectivity index is 1.69. The van der Waals surface area contributed by atoms with Crippen molar-refractivity contribution in [2.24, 2.45) is 0 Å². The fraction of sp³-hybridized carbons (Fsp3) is 0.696. The quantitative estimate of drug-likeness (QED) is 0.337. The number of nitrogens with zero attached hydrogens (tertiary/aromatic N) is 2. The number of hydrogen-bond acceptors (Lipinski definition) is 4. The zero-order chi connectivity index (χ0) is 23.5. The molecule has 0 radical (unpaired) electrons. The van der Waals surface area contributed by atoms with Crippen molar-refractivity contribution in [3.63, 3.8) is 0 Å². The van der Waals surface area contributed by atoms with Crippen LogP contribution in [0.15, 0.2) is 12.1 Å². The Morgan fingerprint density at radius 2 is 1.66 bits per heavy atom. The Bertz CT molecular complexity index is 715. The lowest BCUT2D eigenvalue weighted by atomic mass is 9.91. The number of amides is 1. The molecule has 0 unspecified atom stereocenters. The molecule has 0 bridgehead atoms. The van der Waals surface area contributed by atoms with Crippen molar-refractivity contribution in [3.8, 4) is 0 Å². The van der Waals surface area contributed by atoms with Crippen LogP contribution in [0, 0.1) is 17.5 Å². The summed E-state index contributed by atoms with van der Waals surface area (Å²) in [5, 5.41) is 18.4. The van der Waals surface area contributed by atoms with Crippen molar-refractivity contribution in [1.82, 2.24) is 9.80 Å². The summed E-state index contributed by atoms with van der Waals surface area (Å²) < 4.78 is 46.5. The number of benzene rings is 1. The molecule has 6 nitrogen and oxygen atoms in total. The van der Waals surface area contributed by atoms with Crippen LogP contribution in [0.25, 0.3) is 0 Å². The van der Waals surface area contributed by atoms with Crippen LogP contribution >= 0.6 is 0 Å². The first-order valence-electron chi connectivity index (χ1n) is 11.4. The zero-order valence-corrected chi connectivity index (χ0v) is 18.7. The first kappa shape index (κ1) is 26.4. The molecule has 2 rings (SSSR count). The molecule has 1 aliphatic rings. The molecule has 1 aliphatic carbocycles. The maximum Gasteiger partial charge on any atom is 0.407 e. The second-order valence-electron chi connectivity index (χ2n) is 8.51. The number of hydrogen-bond donors (Lipinski definition) is 2. The van der Waals surface area contributed by atoms with Gasteiger partial charge < -0.3 is 24.7 Å². The van der Waals surface area contributed by atoms with Gasteiger partial charge in [-0.05, 0) is 58.2 Å². The van der Waals surface area contributed by atoms with Crippen LogP contribution < -0.4 is 0 Å². The van der Waals surface area contributed by atoms with Gasteiger partial charge in [0.2, 0.25) is 0 Å². The van der Waals surface area contributed by atoms with Crippen LogP contribution in [0.5, 0.6) is 0 Å². The van der Waals surface area contributed by atoms with Gasteiger partial charge in [0.05, 0.1) is 19.3 Å². The van der Waals surface area contributed by atoms with E-state index in [1.165, 1.54) is 0 Å². The van der Waals surface area contributed by atoms with Gasteiger partial charge in [-0.2, -0.15) is 0 Å². The number of carbonyl (C=O) groups is 1. The molecule has 1 fully saturated rings. The number of halogens is 3. The van der Waals surface area contributed by atoms with Gasteiger partial charge in [-0.25, -0.2) is 18.0 Å². The lowest BCUT2D eigenvalue weighted by Crippen LogP contribution is -2.42. The summed E-state index contributed by atoms with van der Waals surface area (Å²) in [5.74, 6) is -3.44. The minimum Gasteiger partial charge on any atom is -0.465 e. The fourth-order valence-corrected chi connectivity index (χ4v) is 4.11. The number of ether oxygens (including phenoxy) is 1. The molecule has 0 spiro atoms. The number of rotatable bonds is 13. The third-order valence-corrected chi connectivity index (χ3v) is 6.03. The summed E-state index contributed by atoms with van der Waals surface area (Å²) >= 11 is 0. The van der Waals surface area contributed by atoms with Crippen molar-refractivity contribution in [2.75, 3.05) is 33.4 Å². The van der Waals surface area contributed by atoms with Gasteiger partial charge >= 0.3 is 6.09 Å². The van der Waals surface area contributed by atoms with E-state index >= 15 is 0 Å². The van der Waals surface area contributed by atoms with Crippen molar-refractivity contribution in [2.45, 2.75) is 70.1 Å². The second-order valence-corrected chi connectivity index (χ2v) is 8.51. The summed E-state index contributed by atoms with van der Waals surface area (Å²) in [6.07, 6.45) is 5.71. The molecule has 2 N–H and O–H groups in total. The maximum atomic E-state index is 13.9. The van der Waals surface area contributed by atoms with E-state index in [4.69, 9.17) is 9.84 Å². The van der Waals surface area contributed by atoms with Gasteiger partial charge in [0, 0.05) is 30.8 Å². The highest BCUT2D eigenvalue weighted by Gasteiger charge is 2.30. The second kappa shape index (κ2) is 13.6. The number of aliphatic hydroxyl groups excluding tert-OH is 1. The van der Waals surface area contributed by atoms with Crippen molar-refractivity contribution >= 4 is 6.09 Å². The molecule has 182 valence electrons. The molecule has 0 aliphatic heterocycles. The average Bonchev–Trinajstić information content (AvgIpc) is 2.75. The van der Waals surface area contributed by atoms with Gasteiger partial charge in [0.15, 0.2) is 11.6 Å². The van der Waals surface area contributed by atoms with Crippen LogP contribution in [0.4, 0.5) is 18.0 Å². The summed E-state index contributed by atoms with van der Waals surface area (Å²) in [4.78, 5) is 14.9. The molecule has 0 heterocycles.